The first-order valence-corrected chi connectivity index (χ1v) is 14.2. The zero-order chi connectivity index (χ0) is 26.8. The zero-order valence-electron chi connectivity index (χ0n) is 20.6. The van der Waals surface area contributed by atoms with Crippen molar-refractivity contribution in [2.45, 2.75) is 56.5 Å². The first-order valence-electron chi connectivity index (χ1n) is 12.3. The van der Waals surface area contributed by atoms with Crippen molar-refractivity contribution >= 4 is 27.4 Å². The maximum Gasteiger partial charge on any atom is 0.433 e. The molecule has 1 saturated heterocycles. The highest BCUT2D eigenvalue weighted by Crippen LogP contribution is 2.44. The molecule has 11 heteroatoms. The molecule has 37 heavy (non-hydrogen) atoms. The fourth-order valence-corrected chi connectivity index (χ4v) is 5.64. The Balaban J connectivity index is 1.38. The number of anilines is 1. The summed E-state index contributed by atoms with van der Waals surface area (Å²) in [5.74, 6) is -0.849. The van der Waals surface area contributed by atoms with Gasteiger partial charge in [-0.1, -0.05) is 24.6 Å². The Bertz CT molecular complexity index is 1240. The molecular formula is C26H30F3N3O4S. The van der Waals surface area contributed by atoms with E-state index in [0.717, 1.165) is 55.5 Å². The summed E-state index contributed by atoms with van der Waals surface area (Å²) in [7, 11) is -3.30. The van der Waals surface area contributed by atoms with E-state index in [4.69, 9.17) is 0 Å². The quantitative estimate of drug-likeness (QED) is 0.521. The maximum absolute atomic E-state index is 13.2. The van der Waals surface area contributed by atoms with Gasteiger partial charge in [-0.05, 0) is 55.0 Å². The van der Waals surface area contributed by atoms with Gasteiger partial charge < -0.3 is 4.90 Å². The van der Waals surface area contributed by atoms with Crippen molar-refractivity contribution in [1.82, 2.24) is 9.71 Å². The van der Waals surface area contributed by atoms with Crippen LogP contribution in [0.5, 0.6) is 0 Å². The van der Waals surface area contributed by atoms with Gasteiger partial charge in [-0.25, -0.2) is 13.1 Å². The molecule has 0 radical (unpaired) electrons. The summed E-state index contributed by atoms with van der Waals surface area (Å²) in [6, 6.07) is 9.71. The van der Waals surface area contributed by atoms with Gasteiger partial charge in [-0.3, -0.25) is 14.6 Å². The number of piperidine rings is 1. The number of nitrogens with one attached hydrogen (secondary N) is 1. The summed E-state index contributed by atoms with van der Waals surface area (Å²) < 4.78 is 63.9. The number of nitrogens with zero attached hydrogens (tertiary/aromatic N) is 2. The number of carbonyl (C=O) groups excluding carboxylic acids is 2. The number of sulfonamides is 1. The number of ketones is 1. The molecule has 1 aliphatic heterocycles. The van der Waals surface area contributed by atoms with E-state index in [1.165, 1.54) is 6.07 Å². The molecule has 1 saturated carbocycles. The molecule has 2 aliphatic rings. The van der Waals surface area contributed by atoms with Gasteiger partial charge in [0.2, 0.25) is 15.9 Å². The van der Waals surface area contributed by atoms with E-state index >= 15 is 0 Å². The number of carbonyl (C=O) groups is 2. The Morgan fingerprint density at radius 2 is 1.84 bits per heavy atom. The van der Waals surface area contributed by atoms with Crippen molar-refractivity contribution in [2.24, 2.45) is 5.92 Å². The number of pyridine rings is 1. The lowest BCUT2D eigenvalue weighted by Gasteiger charge is -2.42. The van der Waals surface area contributed by atoms with Gasteiger partial charge in [0, 0.05) is 49.1 Å². The SMILES string of the molecule is CS(=O)(=O)NCC1(c2ccc(N3CCC[C@H](CC(=O)Cc4ccc(C(F)(F)F)nc4)C3=O)cc2)CCC1. The Labute approximate surface area is 214 Å². The van der Waals surface area contributed by atoms with Crippen LogP contribution < -0.4 is 9.62 Å². The first-order chi connectivity index (χ1) is 17.4. The van der Waals surface area contributed by atoms with Gasteiger partial charge in [-0.15, -0.1) is 0 Å². The monoisotopic (exact) mass is 537 g/mol. The molecule has 2 fully saturated rings. The van der Waals surface area contributed by atoms with Crippen molar-refractivity contribution in [2.75, 3.05) is 24.2 Å². The van der Waals surface area contributed by atoms with Crippen LogP contribution >= 0.6 is 0 Å². The number of hydrogen-bond donors (Lipinski definition) is 1. The van der Waals surface area contributed by atoms with Crippen LogP contribution in [0.25, 0.3) is 0 Å². The number of halogens is 3. The second-order valence-electron chi connectivity index (χ2n) is 10.1. The highest BCUT2D eigenvalue weighted by molar-refractivity contribution is 7.88. The second kappa shape index (κ2) is 10.5. The largest absolute Gasteiger partial charge is 0.433 e. The Kier molecular flexibility index (Phi) is 7.75. The van der Waals surface area contributed by atoms with Gasteiger partial charge >= 0.3 is 6.18 Å². The van der Waals surface area contributed by atoms with E-state index in [2.05, 4.69) is 9.71 Å². The smallest absolute Gasteiger partial charge is 0.312 e. The van der Waals surface area contributed by atoms with Gasteiger partial charge in [0.25, 0.3) is 0 Å². The zero-order valence-corrected chi connectivity index (χ0v) is 21.4. The number of Topliss-reactive ketones (excluding diaryl/α,β-unsaturated/α-hetero) is 1. The number of benzene rings is 1. The third-order valence-corrected chi connectivity index (χ3v) is 7.98. The summed E-state index contributed by atoms with van der Waals surface area (Å²) in [6.45, 7) is 0.874. The summed E-state index contributed by atoms with van der Waals surface area (Å²) in [6.07, 6.45) is 1.71. The molecule has 0 spiro atoms. The van der Waals surface area contributed by atoms with Crippen LogP contribution in [0.1, 0.15) is 55.3 Å². The van der Waals surface area contributed by atoms with Gasteiger partial charge in [0.15, 0.2) is 0 Å². The van der Waals surface area contributed by atoms with Crippen LogP contribution in [0, 0.1) is 5.92 Å². The molecule has 7 nitrogen and oxygen atoms in total. The minimum atomic E-state index is -4.54. The van der Waals surface area contributed by atoms with Crippen LogP contribution in [-0.4, -0.2) is 44.4 Å². The highest BCUT2D eigenvalue weighted by Gasteiger charge is 2.39. The maximum atomic E-state index is 13.2. The third-order valence-electron chi connectivity index (χ3n) is 7.31. The van der Waals surface area contributed by atoms with E-state index in [0.29, 0.717) is 25.1 Å². The van der Waals surface area contributed by atoms with E-state index in [1.54, 1.807) is 4.90 Å². The number of amides is 1. The number of rotatable bonds is 9. The number of alkyl halides is 3. The second-order valence-corrected chi connectivity index (χ2v) is 11.9. The molecule has 1 aliphatic carbocycles. The summed E-state index contributed by atoms with van der Waals surface area (Å²) in [4.78, 5) is 30.9. The number of aromatic nitrogens is 1. The topological polar surface area (TPSA) is 96.4 Å². The van der Waals surface area contributed by atoms with Crippen LogP contribution in [0.4, 0.5) is 18.9 Å². The van der Waals surface area contributed by atoms with Crippen LogP contribution in [0.2, 0.25) is 0 Å². The standard InChI is InChI=1S/C26H30F3N3O4S/c1-37(35,36)31-17-25(11-3-12-25)20-6-8-21(9-7-20)32-13-2-4-19(24(32)34)15-22(33)14-18-5-10-23(30-16-18)26(27,28)29/h5-10,16,19,31H,2-4,11-15,17H2,1H3/t19-/m1/s1. The predicted molar refractivity (Wildman–Crippen MR) is 132 cm³/mol. The van der Waals surface area contributed by atoms with Crippen LogP contribution in [0.15, 0.2) is 42.6 Å². The van der Waals surface area contributed by atoms with Crippen molar-refractivity contribution in [1.29, 1.82) is 0 Å². The van der Waals surface area contributed by atoms with Crippen LogP contribution in [-0.2, 0) is 37.6 Å². The molecule has 2 heterocycles. The Morgan fingerprint density at radius 1 is 1.14 bits per heavy atom. The van der Waals surface area contributed by atoms with Gasteiger partial charge in [-0.2, -0.15) is 13.2 Å². The van der Waals surface area contributed by atoms with E-state index in [-0.39, 0.29) is 29.9 Å². The molecule has 2 aromatic rings. The fourth-order valence-electron chi connectivity index (χ4n) is 5.10. The molecule has 200 valence electrons. The minimum absolute atomic E-state index is 0.0225. The van der Waals surface area contributed by atoms with Crippen molar-refractivity contribution in [3.05, 3.63) is 59.4 Å². The summed E-state index contributed by atoms with van der Waals surface area (Å²) >= 11 is 0. The van der Waals surface area contributed by atoms with E-state index in [1.807, 2.05) is 24.3 Å². The Hall–Kier alpha value is -2.79. The van der Waals surface area contributed by atoms with Crippen LogP contribution in [0.3, 0.4) is 0 Å². The molecular weight excluding hydrogens is 507 g/mol. The molecule has 0 bridgehead atoms. The van der Waals surface area contributed by atoms with Gasteiger partial charge in [0.05, 0.1) is 6.26 Å². The molecule has 1 N–H and O–H groups in total. The lowest BCUT2D eigenvalue weighted by atomic mass is 9.64. The lowest BCUT2D eigenvalue weighted by molar-refractivity contribution is -0.141. The van der Waals surface area contributed by atoms with E-state index < -0.39 is 27.8 Å². The minimum Gasteiger partial charge on any atom is -0.312 e. The average Bonchev–Trinajstić information content (AvgIpc) is 2.79. The molecule has 1 aromatic carbocycles. The Morgan fingerprint density at radius 3 is 2.38 bits per heavy atom. The third kappa shape index (κ3) is 6.56. The van der Waals surface area contributed by atoms with Crippen molar-refractivity contribution in [3.63, 3.8) is 0 Å². The average molecular weight is 538 g/mol. The van der Waals surface area contributed by atoms with Gasteiger partial charge in [0.1, 0.15) is 11.5 Å². The first kappa shape index (κ1) is 27.3. The van der Waals surface area contributed by atoms with Crippen molar-refractivity contribution < 1.29 is 31.2 Å². The number of hydrogen-bond acceptors (Lipinski definition) is 5. The molecule has 1 amide bonds. The molecule has 4 rings (SSSR count). The highest BCUT2D eigenvalue weighted by atomic mass is 32.2. The molecule has 0 unspecified atom stereocenters. The normalized spacial score (nSPS) is 19.9. The van der Waals surface area contributed by atoms with E-state index in [9.17, 15) is 31.2 Å². The van der Waals surface area contributed by atoms with Crippen molar-refractivity contribution in [3.8, 4) is 0 Å². The predicted octanol–water partition coefficient (Wildman–Crippen LogP) is 4.02. The fraction of sp³-hybridized carbons (Fsp3) is 0.500. The lowest BCUT2D eigenvalue weighted by Crippen LogP contribution is -2.45. The summed E-state index contributed by atoms with van der Waals surface area (Å²) in [5, 5.41) is 0. The molecule has 1 aromatic heterocycles. The summed E-state index contributed by atoms with van der Waals surface area (Å²) in [5.41, 5.74) is 0.880. The molecule has 1 atom stereocenters.